The molecule has 1 fully saturated rings. The highest BCUT2D eigenvalue weighted by Crippen LogP contribution is 2.39. The van der Waals surface area contributed by atoms with Crippen molar-refractivity contribution < 1.29 is 9.18 Å². The lowest BCUT2D eigenvalue weighted by Gasteiger charge is -2.25. The van der Waals surface area contributed by atoms with Crippen LogP contribution >= 0.6 is 11.8 Å². The molecule has 3 rings (SSSR count). The molecule has 1 N–H and O–H groups in total. The molecule has 1 saturated heterocycles. The molecule has 5 heteroatoms. The van der Waals surface area contributed by atoms with Crippen molar-refractivity contribution >= 4 is 23.5 Å². The van der Waals surface area contributed by atoms with Crippen LogP contribution in [0.4, 0.5) is 14.9 Å². The molecule has 120 valence electrons. The molecular weight excluding hydrogens is 311 g/mol. The van der Waals surface area contributed by atoms with E-state index < -0.39 is 0 Å². The Kier molecular flexibility index (Phi) is 4.57. The number of anilines is 1. The van der Waals surface area contributed by atoms with Crippen molar-refractivity contribution in [2.24, 2.45) is 0 Å². The van der Waals surface area contributed by atoms with Gasteiger partial charge in [-0.2, -0.15) is 0 Å². The van der Waals surface area contributed by atoms with Crippen LogP contribution in [0.1, 0.15) is 22.1 Å². The topological polar surface area (TPSA) is 32.3 Å². The molecule has 3 nitrogen and oxygen atoms in total. The number of hydrogen-bond acceptors (Lipinski definition) is 2. The van der Waals surface area contributed by atoms with Crippen molar-refractivity contribution in [3.05, 3.63) is 65.0 Å². The summed E-state index contributed by atoms with van der Waals surface area (Å²) >= 11 is 1.59. The average Bonchev–Trinajstić information content (AvgIpc) is 3.02. The first-order chi connectivity index (χ1) is 11.1. The molecule has 0 radical (unpaired) electrons. The highest BCUT2D eigenvalue weighted by Gasteiger charge is 2.32. The van der Waals surface area contributed by atoms with Crippen LogP contribution in [0.5, 0.6) is 0 Å². The summed E-state index contributed by atoms with van der Waals surface area (Å²) in [4.78, 5) is 14.4. The third-order valence-corrected chi connectivity index (χ3v) is 5.41. The molecule has 0 aliphatic carbocycles. The van der Waals surface area contributed by atoms with E-state index in [1.165, 1.54) is 6.07 Å². The number of benzene rings is 2. The second-order valence-electron chi connectivity index (χ2n) is 5.62. The lowest BCUT2D eigenvalue weighted by molar-refractivity contribution is 0.213. The second kappa shape index (κ2) is 6.62. The van der Waals surface area contributed by atoms with Gasteiger partial charge in [-0.05, 0) is 37.1 Å². The van der Waals surface area contributed by atoms with E-state index in [2.05, 4.69) is 5.32 Å². The molecule has 2 aromatic rings. The summed E-state index contributed by atoms with van der Waals surface area (Å²) in [6.45, 7) is 4.61. The Bertz CT molecular complexity index is 735. The van der Waals surface area contributed by atoms with Crippen LogP contribution in [0.3, 0.4) is 0 Å². The molecule has 1 atom stereocenters. The third kappa shape index (κ3) is 3.20. The average molecular weight is 330 g/mol. The van der Waals surface area contributed by atoms with Crippen molar-refractivity contribution in [2.45, 2.75) is 19.2 Å². The van der Waals surface area contributed by atoms with Gasteiger partial charge < -0.3 is 10.2 Å². The van der Waals surface area contributed by atoms with Gasteiger partial charge in [0.2, 0.25) is 0 Å². The standard InChI is InChI=1S/C18H19FN2OS/c1-12-6-5-9-16(13(12)2)20-18(22)21-10-11-23-17(21)14-7-3-4-8-15(14)19/h3-9,17H,10-11H2,1-2H3,(H,20,22). The van der Waals surface area contributed by atoms with Crippen molar-refractivity contribution in [3.8, 4) is 0 Å². The van der Waals surface area contributed by atoms with E-state index in [9.17, 15) is 9.18 Å². The van der Waals surface area contributed by atoms with E-state index in [1.54, 1.807) is 34.9 Å². The van der Waals surface area contributed by atoms with Gasteiger partial charge >= 0.3 is 6.03 Å². The smallest absolute Gasteiger partial charge is 0.308 e. The van der Waals surface area contributed by atoms with Gasteiger partial charge in [-0.15, -0.1) is 11.8 Å². The van der Waals surface area contributed by atoms with E-state index in [0.29, 0.717) is 12.1 Å². The van der Waals surface area contributed by atoms with Gasteiger partial charge in [-0.25, -0.2) is 9.18 Å². The van der Waals surface area contributed by atoms with E-state index in [0.717, 1.165) is 22.6 Å². The number of hydrogen-bond donors (Lipinski definition) is 1. The minimum Gasteiger partial charge on any atom is -0.308 e. The molecule has 1 heterocycles. The Morgan fingerprint density at radius 3 is 2.78 bits per heavy atom. The molecule has 1 unspecified atom stereocenters. The number of rotatable bonds is 2. The Balaban J connectivity index is 1.81. The molecule has 2 aromatic carbocycles. The fraction of sp³-hybridized carbons (Fsp3) is 0.278. The third-order valence-electron chi connectivity index (χ3n) is 4.17. The number of aryl methyl sites for hydroxylation is 1. The summed E-state index contributed by atoms with van der Waals surface area (Å²) < 4.78 is 14.1. The zero-order valence-electron chi connectivity index (χ0n) is 13.2. The van der Waals surface area contributed by atoms with Gasteiger partial charge in [0.05, 0.1) is 0 Å². The van der Waals surface area contributed by atoms with Gasteiger partial charge in [-0.1, -0.05) is 30.3 Å². The Morgan fingerprint density at radius 1 is 1.22 bits per heavy atom. The van der Waals surface area contributed by atoms with Crippen molar-refractivity contribution in [2.75, 3.05) is 17.6 Å². The van der Waals surface area contributed by atoms with Gasteiger partial charge in [0.15, 0.2) is 0 Å². The van der Waals surface area contributed by atoms with Crippen LogP contribution < -0.4 is 5.32 Å². The van der Waals surface area contributed by atoms with Crippen LogP contribution in [0.25, 0.3) is 0 Å². The molecule has 0 aromatic heterocycles. The SMILES string of the molecule is Cc1cccc(NC(=O)N2CCSC2c2ccccc2F)c1C. The molecule has 1 aliphatic heterocycles. The minimum atomic E-state index is -0.277. The molecule has 0 bridgehead atoms. The van der Waals surface area contributed by atoms with Crippen molar-refractivity contribution in [1.29, 1.82) is 0 Å². The first kappa shape index (κ1) is 15.9. The number of urea groups is 1. The Hall–Kier alpha value is -2.01. The molecule has 2 amide bonds. The number of amides is 2. The molecule has 1 aliphatic rings. The molecule has 23 heavy (non-hydrogen) atoms. The highest BCUT2D eigenvalue weighted by atomic mass is 32.2. The monoisotopic (exact) mass is 330 g/mol. The van der Waals surface area contributed by atoms with Gasteiger partial charge in [0, 0.05) is 23.5 Å². The number of thioether (sulfide) groups is 1. The molecular formula is C18H19FN2OS. The number of halogens is 1. The Morgan fingerprint density at radius 2 is 2.00 bits per heavy atom. The quantitative estimate of drug-likeness (QED) is 0.864. The van der Waals surface area contributed by atoms with Gasteiger partial charge in [0.1, 0.15) is 11.2 Å². The molecule has 0 spiro atoms. The molecule has 0 saturated carbocycles. The summed E-state index contributed by atoms with van der Waals surface area (Å²) in [6.07, 6.45) is 0. The van der Waals surface area contributed by atoms with Crippen LogP contribution in [-0.2, 0) is 0 Å². The highest BCUT2D eigenvalue weighted by molar-refractivity contribution is 7.99. The maximum absolute atomic E-state index is 14.1. The predicted molar refractivity (Wildman–Crippen MR) is 93.2 cm³/mol. The Labute approximate surface area is 139 Å². The zero-order valence-corrected chi connectivity index (χ0v) is 14.0. The summed E-state index contributed by atoms with van der Waals surface area (Å²) in [5.41, 5.74) is 3.55. The maximum atomic E-state index is 14.1. The number of carbonyl (C=O) groups is 1. The summed E-state index contributed by atoms with van der Waals surface area (Å²) in [5.74, 6) is 0.538. The summed E-state index contributed by atoms with van der Waals surface area (Å²) in [5, 5.41) is 2.69. The van der Waals surface area contributed by atoms with E-state index in [1.807, 2.05) is 32.0 Å². The number of carbonyl (C=O) groups excluding carboxylic acids is 1. The van der Waals surface area contributed by atoms with Gasteiger partial charge in [-0.3, -0.25) is 0 Å². The number of nitrogens with one attached hydrogen (secondary N) is 1. The van der Waals surface area contributed by atoms with Crippen LogP contribution in [0, 0.1) is 19.7 Å². The lowest BCUT2D eigenvalue weighted by atomic mass is 10.1. The van der Waals surface area contributed by atoms with E-state index in [4.69, 9.17) is 0 Å². The van der Waals surface area contributed by atoms with Crippen LogP contribution in [0.15, 0.2) is 42.5 Å². The van der Waals surface area contributed by atoms with Crippen molar-refractivity contribution in [3.63, 3.8) is 0 Å². The predicted octanol–water partition coefficient (Wildman–Crippen LogP) is 4.72. The fourth-order valence-corrected chi connectivity index (χ4v) is 3.96. The van der Waals surface area contributed by atoms with Gasteiger partial charge in [0.25, 0.3) is 0 Å². The van der Waals surface area contributed by atoms with Crippen LogP contribution in [0.2, 0.25) is 0 Å². The van der Waals surface area contributed by atoms with E-state index in [-0.39, 0.29) is 17.2 Å². The summed E-state index contributed by atoms with van der Waals surface area (Å²) in [6, 6.07) is 12.3. The second-order valence-corrected chi connectivity index (χ2v) is 6.80. The van der Waals surface area contributed by atoms with Crippen molar-refractivity contribution in [1.82, 2.24) is 4.90 Å². The first-order valence-corrected chi connectivity index (χ1v) is 8.62. The normalized spacial score (nSPS) is 17.3. The van der Waals surface area contributed by atoms with E-state index >= 15 is 0 Å². The number of nitrogens with zero attached hydrogens (tertiary/aromatic N) is 1. The fourth-order valence-electron chi connectivity index (χ4n) is 2.68. The minimum absolute atomic E-state index is 0.183. The lowest BCUT2D eigenvalue weighted by Crippen LogP contribution is -2.34. The maximum Gasteiger partial charge on any atom is 0.323 e. The van der Waals surface area contributed by atoms with Crippen LogP contribution in [-0.4, -0.2) is 23.2 Å². The summed E-state index contributed by atoms with van der Waals surface area (Å²) in [7, 11) is 0. The largest absolute Gasteiger partial charge is 0.323 e. The zero-order chi connectivity index (χ0) is 16.4. The first-order valence-electron chi connectivity index (χ1n) is 7.58.